The molecule has 0 aromatic heterocycles. The summed E-state index contributed by atoms with van der Waals surface area (Å²) in [5, 5.41) is 34.0. The summed E-state index contributed by atoms with van der Waals surface area (Å²) in [6.07, 6.45) is 8.57. The van der Waals surface area contributed by atoms with Crippen LogP contribution in [0.2, 0.25) is 0 Å². The highest BCUT2D eigenvalue weighted by Gasteiger charge is 2.65. The molecule has 1 saturated carbocycles. The van der Waals surface area contributed by atoms with Crippen LogP contribution in [0.5, 0.6) is 23.0 Å². The molecule has 14 heteroatoms. The van der Waals surface area contributed by atoms with E-state index in [4.69, 9.17) is 38.4 Å². The molecule has 0 saturated heterocycles. The van der Waals surface area contributed by atoms with E-state index in [0.717, 1.165) is 43.1 Å². The summed E-state index contributed by atoms with van der Waals surface area (Å²) in [6.45, 7) is 10.1. The van der Waals surface area contributed by atoms with Crippen molar-refractivity contribution in [2.24, 2.45) is 22.9 Å². The third-order valence-electron chi connectivity index (χ3n) is 11.1. The van der Waals surface area contributed by atoms with E-state index < -0.39 is 29.4 Å². The Morgan fingerprint density at radius 1 is 1.00 bits per heavy atom. The first-order valence-corrected chi connectivity index (χ1v) is 20.6. The second kappa shape index (κ2) is 21.2. The number of carbonyl (C=O) groups excluding carboxylic acids is 2. The van der Waals surface area contributed by atoms with Gasteiger partial charge in [-0.1, -0.05) is 30.1 Å². The Kier molecular flexibility index (Phi) is 16.4. The van der Waals surface area contributed by atoms with Crippen LogP contribution in [0.25, 0.3) is 0 Å². The predicted octanol–water partition coefficient (Wildman–Crippen LogP) is 6.81. The molecule has 0 bridgehead atoms. The lowest BCUT2D eigenvalue weighted by atomic mass is 9.55. The second-order valence-corrected chi connectivity index (χ2v) is 16.1. The van der Waals surface area contributed by atoms with E-state index >= 15 is 0 Å². The van der Waals surface area contributed by atoms with Gasteiger partial charge in [-0.15, -0.1) is 6.58 Å². The Bertz CT molecular complexity index is 1790. The second-order valence-electron chi connectivity index (χ2n) is 16.1. The number of hydrogen-bond acceptors (Lipinski definition) is 13. The molecule has 1 aliphatic heterocycles. The van der Waals surface area contributed by atoms with Crippen molar-refractivity contribution in [1.29, 1.82) is 0 Å². The van der Waals surface area contributed by atoms with Gasteiger partial charge < -0.3 is 48.6 Å². The summed E-state index contributed by atoms with van der Waals surface area (Å²) in [6, 6.07) is 9.86. The number of benzene rings is 2. The third-order valence-corrected chi connectivity index (χ3v) is 11.1. The number of ether oxygens (including phenoxy) is 6. The maximum atomic E-state index is 13.9. The summed E-state index contributed by atoms with van der Waals surface area (Å²) in [4.78, 5) is 33.5. The third kappa shape index (κ3) is 10.6. The highest BCUT2D eigenvalue weighted by Crippen LogP contribution is 2.62. The molecule has 0 spiro atoms. The summed E-state index contributed by atoms with van der Waals surface area (Å²) in [5.74, 6) is -0.371. The van der Waals surface area contributed by atoms with Crippen LogP contribution in [0.1, 0.15) is 87.6 Å². The standard InChI is InChI=1S/C45H62N2O12/c1-7-22-56-45-40(47(43(52)54-6)18-23-55-24-21-50)28-37(46-59-44(2,3)4)35-26-30(12-8-10-19-48)34(13-9-11-20-49)41(42(35)45)36-27-33(15-17-39(36)58-45)57-32-14-16-38(53-5)31(25-32)29-51/h7,14-17,25-27,29-30,34,40-42,48-50H,1,8-13,18-24,28H2,2-6H3. The predicted molar refractivity (Wildman–Crippen MR) is 221 cm³/mol. The van der Waals surface area contributed by atoms with Gasteiger partial charge in [0.25, 0.3) is 0 Å². The summed E-state index contributed by atoms with van der Waals surface area (Å²) in [5.41, 5.74) is 2.11. The van der Waals surface area contributed by atoms with Crippen LogP contribution in [0.15, 0.2) is 65.9 Å². The summed E-state index contributed by atoms with van der Waals surface area (Å²) >= 11 is 0. The monoisotopic (exact) mass is 822 g/mol. The average Bonchev–Trinajstić information content (AvgIpc) is 3.23. The van der Waals surface area contributed by atoms with Crippen LogP contribution in [0, 0.1) is 17.8 Å². The zero-order valence-corrected chi connectivity index (χ0v) is 35.1. The van der Waals surface area contributed by atoms with Crippen molar-refractivity contribution in [3.8, 4) is 23.0 Å². The smallest absolute Gasteiger partial charge is 0.410 e. The molecule has 6 atom stereocenters. The fraction of sp³-hybridized carbons (Fsp3) is 0.578. The summed E-state index contributed by atoms with van der Waals surface area (Å²) in [7, 11) is 2.83. The molecule has 14 nitrogen and oxygen atoms in total. The number of fused-ring (bicyclic) bond motifs is 2. The van der Waals surface area contributed by atoms with Crippen LogP contribution in [-0.4, -0.2) is 116 Å². The van der Waals surface area contributed by atoms with E-state index in [9.17, 15) is 24.9 Å². The van der Waals surface area contributed by atoms with Crippen molar-refractivity contribution in [2.75, 3.05) is 60.4 Å². The van der Waals surface area contributed by atoms with Crippen LogP contribution >= 0.6 is 0 Å². The van der Waals surface area contributed by atoms with Gasteiger partial charge in [0.05, 0.1) is 57.8 Å². The molecule has 2 aromatic rings. The minimum Gasteiger partial charge on any atom is -0.496 e. The Morgan fingerprint density at radius 2 is 1.73 bits per heavy atom. The Morgan fingerprint density at radius 3 is 2.39 bits per heavy atom. The van der Waals surface area contributed by atoms with Gasteiger partial charge in [-0.2, -0.15) is 0 Å². The number of aliphatic hydroxyl groups excluding tert-OH is 3. The molecule has 1 amide bonds. The normalized spacial score (nSPS) is 23.9. The van der Waals surface area contributed by atoms with E-state index in [1.807, 2.05) is 32.9 Å². The summed E-state index contributed by atoms with van der Waals surface area (Å²) < 4.78 is 37.0. The SMILES string of the molecule is C=CCOC12Oc3ccc(Oc4ccc(OC)c(C=O)c4)cc3C3C(CCCCO)C(CCCCO)C=C(C(=NOC(C)(C)C)CC1N(CCOCCO)C(=O)OC)C32. The number of hydrogen-bond donors (Lipinski definition) is 3. The molecule has 2 aliphatic carbocycles. The Balaban J connectivity index is 1.78. The molecule has 0 radical (unpaired) electrons. The minimum atomic E-state index is -1.49. The number of aliphatic hydroxyl groups is 3. The van der Waals surface area contributed by atoms with Crippen molar-refractivity contribution in [3.05, 3.63) is 71.8 Å². The van der Waals surface area contributed by atoms with Gasteiger partial charge in [0.2, 0.25) is 5.79 Å². The Hall–Kier alpha value is -4.47. The van der Waals surface area contributed by atoms with Crippen molar-refractivity contribution < 1.29 is 58.2 Å². The highest BCUT2D eigenvalue weighted by atomic mass is 16.7. The number of amides is 1. The first-order chi connectivity index (χ1) is 28.5. The lowest BCUT2D eigenvalue weighted by Crippen LogP contribution is -2.70. The molecular formula is C45H62N2O12. The molecule has 324 valence electrons. The van der Waals surface area contributed by atoms with Crippen LogP contribution in [0.3, 0.4) is 0 Å². The van der Waals surface area contributed by atoms with Gasteiger partial charge in [-0.05, 0) is 100 Å². The molecular weight excluding hydrogens is 760 g/mol. The van der Waals surface area contributed by atoms with Gasteiger partial charge in [0.1, 0.15) is 34.6 Å². The fourth-order valence-corrected chi connectivity index (χ4v) is 8.73. The molecule has 6 unspecified atom stereocenters. The van der Waals surface area contributed by atoms with Crippen molar-refractivity contribution in [3.63, 3.8) is 0 Å². The van der Waals surface area contributed by atoms with Gasteiger partial charge in [0.15, 0.2) is 6.29 Å². The molecule has 3 N–H and O–H groups in total. The maximum absolute atomic E-state index is 13.9. The van der Waals surface area contributed by atoms with E-state index in [1.54, 1.807) is 35.2 Å². The van der Waals surface area contributed by atoms with Gasteiger partial charge in [-0.25, -0.2) is 4.79 Å². The molecule has 59 heavy (non-hydrogen) atoms. The molecule has 5 rings (SSSR count). The zero-order chi connectivity index (χ0) is 42.6. The van der Waals surface area contributed by atoms with Crippen LogP contribution in [-0.2, 0) is 19.0 Å². The largest absolute Gasteiger partial charge is 0.496 e. The van der Waals surface area contributed by atoms with E-state index in [2.05, 4.69) is 12.7 Å². The van der Waals surface area contributed by atoms with Gasteiger partial charge >= 0.3 is 6.09 Å². The number of allylic oxidation sites excluding steroid dienone is 1. The molecule has 3 aliphatic rings. The first kappa shape index (κ1) is 45.6. The quantitative estimate of drug-likeness (QED) is 0.0491. The topological polar surface area (TPSA) is 175 Å². The van der Waals surface area contributed by atoms with Gasteiger partial charge in [0, 0.05) is 37.7 Å². The zero-order valence-electron chi connectivity index (χ0n) is 35.1. The van der Waals surface area contributed by atoms with E-state index in [0.29, 0.717) is 47.1 Å². The lowest BCUT2D eigenvalue weighted by molar-refractivity contribution is -0.256. The maximum Gasteiger partial charge on any atom is 0.410 e. The number of rotatable bonds is 22. The average molecular weight is 823 g/mol. The fourth-order valence-electron chi connectivity index (χ4n) is 8.73. The highest BCUT2D eigenvalue weighted by molar-refractivity contribution is 6.03. The van der Waals surface area contributed by atoms with Crippen LogP contribution in [0.4, 0.5) is 4.79 Å². The number of methoxy groups -OCH3 is 2. The molecule has 2 aromatic carbocycles. The minimum absolute atomic E-state index is 0.00995. The first-order valence-electron chi connectivity index (χ1n) is 20.6. The lowest BCUT2D eigenvalue weighted by Gasteiger charge is -2.59. The van der Waals surface area contributed by atoms with Crippen LogP contribution < -0.4 is 14.2 Å². The van der Waals surface area contributed by atoms with Crippen molar-refractivity contribution in [2.45, 2.75) is 89.1 Å². The number of oxime groups is 1. The van der Waals surface area contributed by atoms with Gasteiger partial charge in [-0.3, -0.25) is 9.69 Å². The van der Waals surface area contributed by atoms with E-state index in [-0.39, 0.29) is 70.4 Å². The molecule has 1 heterocycles. The van der Waals surface area contributed by atoms with E-state index in [1.165, 1.54) is 14.2 Å². The molecule has 1 fully saturated rings. The Labute approximate surface area is 347 Å². The number of nitrogens with zero attached hydrogens (tertiary/aromatic N) is 2. The van der Waals surface area contributed by atoms with Crippen molar-refractivity contribution in [1.82, 2.24) is 4.90 Å². The number of carbonyl (C=O) groups is 2. The number of aldehydes is 1. The number of unbranched alkanes of at least 4 members (excludes halogenated alkanes) is 2. The van der Waals surface area contributed by atoms with Crippen molar-refractivity contribution >= 4 is 18.1 Å².